The third kappa shape index (κ3) is 2.77. The molecule has 0 bridgehead atoms. The molecule has 1 heterocycles. The molecule has 2 amide bonds. The van der Waals surface area contributed by atoms with E-state index in [2.05, 4.69) is 10.6 Å². The Morgan fingerprint density at radius 3 is 2.50 bits per heavy atom. The molecule has 0 spiro atoms. The fraction of sp³-hybridized carbons (Fsp3) is 0. The normalized spacial score (nSPS) is 9.81. The van der Waals surface area contributed by atoms with Crippen LogP contribution in [0, 0.1) is 0 Å². The lowest BCUT2D eigenvalue weighted by molar-refractivity contribution is 0.261. The van der Waals surface area contributed by atoms with Crippen molar-refractivity contribution in [2.45, 2.75) is 0 Å². The summed E-state index contributed by atoms with van der Waals surface area (Å²) in [5.74, 6) is 0.395. The monoisotopic (exact) mass is 236 g/mol. The Bertz CT molecular complexity index is 465. The van der Waals surface area contributed by atoms with Crippen molar-refractivity contribution < 1.29 is 9.21 Å². The van der Waals surface area contributed by atoms with Gasteiger partial charge < -0.3 is 9.73 Å². The number of nitrogens with one attached hydrogen (secondary N) is 2. The molecule has 1 aromatic heterocycles. The fourth-order valence-electron chi connectivity index (χ4n) is 1.16. The highest BCUT2D eigenvalue weighted by Gasteiger charge is 2.03. The van der Waals surface area contributed by atoms with Crippen molar-refractivity contribution in [3.05, 3.63) is 47.7 Å². The summed E-state index contributed by atoms with van der Waals surface area (Å²) < 4.78 is 4.97. The van der Waals surface area contributed by atoms with Gasteiger partial charge in [-0.25, -0.2) is 4.79 Å². The molecule has 0 aliphatic carbocycles. The van der Waals surface area contributed by atoms with Crippen molar-refractivity contribution in [3.63, 3.8) is 0 Å². The molecule has 0 aliphatic rings. The molecular formula is C11H9ClN2O2. The zero-order chi connectivity index (χ0) is 11.4. The van der Waals surface area contributed by atoms with E-state index in [1.807, 2.05) is 0 Å². The van der Waals surface area contributed by atoms with E-state index in [0.29, 0.717) is 16.6 Å². The number of rotatable bonds is 2. The molecule has 2 N–H and O–H groups in total. The Morgan fingerprint density at radius 2 is 1.88 bits per heavy atom. The van der Waals surface area contributed by atoms with Crippen LogP contribution in [0.4, 0.5) is 16.4 Å². The van der Waals surface area contributed by atoms with Crippen molar-refractivity contribution >= 4 is 29.2 Å². The highest BCUT2D eigenvalue weighted by Crippen LogP contribution is 2.14. The number of anilines is 2. The summed E-state index contributed by atoms with van der Waals surface area (Å²) in [7, 11) is 0. The van der Waals surface area contributed by atoms with Crippen LogP contribution in [0.2, 0.25) is 5.02 Å². The minimum atomic E-state index is -0.364. The first-order chi connectivity index (χ1) is 7.74. The second kappa shape index (κ2) is 4.72. The van der Waals surface area contributed by atoms with Gasteiger partial charge in [0, 0.05) is 16.8 Å². The van der Waals surface area contributed by atoms with Gasteiger partial charge in [0.05, 0.1) is 6.26 Å². The number of hydrogen-bond acceptors (Lipinski definition) is 2. The lowest BCUT2D eigenvalue weighted by Crippen LogP contribution is -2.18. The summed E-state index contributed by atoms with van der Waals surface area (Å²) in [6.45, 7) is 0. The van der Waals surface area contributed by atoms with Gasteiger partial charge in [0.15, 0.2) is 0 Å². The van der Waals surface area contributed by atoms with Crippen molar-refractivity contribution in [2.75, 3.05) is 10.6 Å². The molecule has 16 heavy (non-hydrogen) atoms. The first-order valence-corrected chi connectivity index (χ1v) is 4.99. The number of benzene rings is 1. The average molecular weight is 237 g/mol. The summed E-state index contributed by atoms with van der Waals surface area (Å²) in [5, 5.41) is 5.80. The van der Waals surface area contributed by atoms with Gasteiger partial charge in [-0.2, -0.15) is 0 Å². The Morgan fingerprint density at radius 1 is 1.12 bits per heavy atom. The van der Waals surface area contributed by atoms with Crippen LogP contribution in [0.5, 0.6) is 0 Å². The minimum absolute atomic E-state index is 0.364. The smallest absolute Gasteiger partial charge is 0.326 e. The molecule has 0 saturated carbocycles. The maximum absolute atomic E-state index is 11.4. The molecule has 0 aliphatic heterocycles. The number of carbonyl (C=O) groups excluding carboxylic acids is 1. The zero-order valence-electron chi connectivity index (χ0n) is 8.24. The van der Waals surface area contributed by atoms with Crippen molar-refractivity contribution in [3.8, 4) is 0 Å². The van der Waals surface area contributed by atoms with Gasteiger partial charge in [-0.1, -0.05) is 11.6 Å². The predicted molar refractivity (Wildman–Crippen MR) is 62.8 cm³/mol. The summed E-state index contributed by atoms with van der Waals surface area (Å²) in [6, 6.07) is 9.80. The summed E-state index contributed by atoms with van der Waals surface area (Å²) in [4.78, 5) is 11.4. The molecule has 0 saturated heterocycles. The van der Waals surface area contributed by atoms with Crippen LogP contribution in [-0.2, 0) is 0 Å². The molecule has 2 rings (SSSR count). The van der Waals surface area contributed by atoms with Crippen molar-refractivity contribution in [1.29, 1.82) is 0 Å². The number of hydrogen-bond donors (Lipinski definition) is 2. The highest BCUT2D eigenvalue weighted by molar-refractivity contribution is 6.30. The second-order valence-electron chi connectivity index (χ2n) is 3.06. The zero-order valence-corrected chi connectivity index (χ0v) is 8.99. The topological polar surface area (TPSA) is 54.3 Å². The first kappa shape index (κ1) is 10.6. The molecule has 0 radical (unpaired) electrons. The quantitative estimate of drug-likeness (QED) is 0.837. The lowest BCUT2D eigenvalue weighted by Gasteiger charge is -2.05. The Balaban J connectivity index is 1.95. The number of furan rings is 1. The average Bonchev–Trinajstić information content (AvgIpc) is 2.74. The van der Waals surface area contributed by atoms with Crippen LogP contribution < -0.4 is 10.6 Å². The number of halogens is 1. The minimum Gasteiger partial charge on any atom is -0.449 e. The molecule has 0 fully saturated rings. The van der Waals surface area contributed by atoms with Gasteiger partial charge in [-0.05, 0) is 30.3 Å². The maximum atomic E-state index is 11.4. The fourth-order valence-corrected chi connectivity index (χ4v) is 1.28. The van der Waals surface area contributed by atoms with Gasteiger partial charge in [0.2, 0.25) is 5.88 Å². The van der Waals surface area contributed by atoms with E-state index < -0.39 is 0 Å². The molecule has 2 aromatic rings. The van der Waals surface area contributed by atoms with Crippen LogP contribution in [0.1, 0.15) is 0 Å². The van der Waals surface area contributed by atoms with Gasteiger partial charge in [0.1, 0.15) is 0 Å². The largest absolute Gasteiger partial charge is 0.449 e. The SMILES string of the molecule is O=C(Nc1ccc(Cl)cc1)Nc1ccco1. The van der Waals surface area contributed by atoms with Gasteiger partial charge in [-0.3, -0.25) is 5.32 Å². The standard InChI is InChI=1S/C11H9ClN2O2/c12-8-3-5-9(6-4-8)13-11(15)14-10-2-1-7-16-10/h1-7H,(H2,13,14,15). The van der Waals surface area contributed by atoms with Crippen LogP contribution in [0.25, 0.3) is 0 Å². The molecule has 5 heteroatoms. The van der Waals surface area contributed by atoms with Gasteiger partial charge in [-0.15, -0.1) is 0 Å². The van der Waals surface area contributed by atoms with Crippen LogP contribution in [-0.4, -0.2) is 6.03 Å². The Hall–Kier alpha value is -1.94. The van der Waals surface area contributed by atoms with Gasteiger partial charge in [0.25, 0.3) is 0 Å². The van der Waals surface area contributed by atoms with Crippen LogP contribution in [0.15, 0.2) is 47.1 Å². The van der Waals surface area contributed by atoms with Crippen LogP contribution in [0.3, 0.4) is 0 Å². The lowest BCUT2D eigenvalue weighted by atomic mass is 10.3. The maximum Gasteiger partial charge on any atom is 0.326 e. The van der Waals surface area contributed by atoms with E-state index in [4.69, 9.17) is 16.0 Å². The van der Waals surface area contributed by atoms with E-state index in [1.165, 1.54) is 6.26 Å². The van der Waals surface area contributed by atoms with E-state index in [-0.39, 0.29) is 6.03 Å². The molecule has 0 unspecified atom stereocenters. The van der Waals surface area contributed by atoms with Gasteiger partial charge >= 0.3 is 6.03 Å². The van der Waals surface area contributed by atoms with Crippen molar-refractivity contribution in [2.24, 2.45) is 0 Å². The third-order valence-electron chi connectivity index (χ3n) is 1.86. The first-order valence-electron chi connectivity index (χ1n) is 4.61. The molecule has 82 valence electrons. The number of urea groups is 1. The summed E-state index contributed by atoms with van der Waals surface area (Å²) in [5.41, 5.74) is 0.661. The molecular weight excluding hydrogens is 228 g/mol. The molecule has 4 nitrogen and oxygen atoms in total. The molecule has 1 aromatic carbocycles. The van der Waals surface area contributed by atoms with Crippen molar-refractivity contribution in [1.82, 2.24) is 0 Å². The Labute approximate surface area is 97.2 Å². The van der Waals surface area contributed by atoms with E-state index in [1.54, 1.807) is 36.4 Å². The van der Waals surface area contributed by atoms with E-state index >= 15 is 0 Å². The summed E-state index contributed by atoms with van der Waals surface area (Å²) in [6.07, 6.45) is 1.48. The van der Waals surface area contributed by atoms with E-state index in [0.717, 1.165) is 0 Å². The highest BCUT2D eigenvalue weighted by atomic mass is 35.5. The summed E-state index contributed by atoms with van der Waals surface area (Å²) >= 11 is 5.72. The third-order valence-corrected chi connectivity index (χ3v) is 2.11. The Kier molecular flexibility index (Phi) is 3.12. The number of carbonyl (C=O) groups is 1. The molecule has 0 atom stereocenters. The number of amides is 2. The van der Waals surface area contributed by atoms with Crippen LogP contribution >= 0.6 is 11.6 Å². The predicted octanol–water partition coefficient (Wildman–Crippen LogP) is 3.58. The second-order valence-corrected chi connectivity index (χ2v) is 3.50. The van der Waals surface area contributed by atoms with E-state index in [9.17, 15) is 4.79 Å².